The van der Waals surface area contributed by atoms with Crippen molar-refractivity contribution in [1.82, 2.24) is 9.88 Å². The first-order valence-corrected chi connectivity index (χ1v) is 10.1. The molecular formula is C23H21F3N4O3. The summed E-state index contributed by atoms with van der Waals surface area (Å²) in [7, 11) is 1.79. The first-order chi connectivity index (χ1) is 15.5. The Bertz CT molecular complexity index is 1220. The standard InChI is InChI=1S/C23H21F3N4O3/c1-22(2)20(31)30(15-7-9-16(10-8-15)33-23(24,25)26)21(32)29(22)13-14-11-12-28-18-6-4-5-17(27-3)19(14)18/h4-12,27H,13H2,1-3H3. The van der Waals surface area contributed by atoms with Gasteiger partial charge in [-0.05, 0) is 61.9 Å². The first kappa shape index (κ1) is 22.4. The van der Waals surface area contributed by atoms with E-state index in [1.807, 2.05) is 18.2 Å². The van der Waals surface area contributed by atoms with Crippen molar-refractivity contribution in [3.05, 3.63) is 60.3 Å². The van der Waals surface area contributed by atoms with Gasteiger partial charge < -0.3 is 15.0 Å². The number of nitrogens with one attached hydrogen (secondary N) is 1. The van der Waals surface area contributed by atoms with Crippen LogP contribution in [0.15, 0.2) is 54.7 Å². The molecule has 7 nitrogen and oxygen atoms in total. The van der Waals surface area contributed by atoms with Gasteiger partial charge in [-0.3, -0.25) is 9.78 Å². The van der Waals surface area contributed by atoms with Gasteiger partial charge in [0.1, 0.15) is 11.3 Å². The molecule has 0 spiro atoms. The molecule has 10 heteroatoms. The largest absolute Gasteiger partial charge is 0.573 e. The Morgan fingerprint density at radius 1 is 1.06 bits per heavy atom. The Balaban J connectivity index is 1.67. The maximum Gasteiger partial charge on any atom is 0.573 e. The number of fused-ring (bicyclic) bond motifs is 1. The molecule has 1 fully saturated rings. The molecular weight excluding hydrogens is 437 g/mol. The summed E-state index contributed by atoms with van der Waals surface area (Å²) < 4.78 is 41.2. The van der Waals surface area contributed by atoms with Crippen molar-refractivity contribution < 1.29 is 27.5 Å². The van der Waals surface area contributed by atoms with Gasteiger partial charge in [0.2, 0.25) is 0 Å². The van der Waals surface area contributed by atoms with Crippen LogP contribution in [0.1, 0.15) is 19.4 Å². The maximum absolute atomic E-state index is 13.3. The van der Waals surface area contributed by atoms with Crippen LogP contribution in [0.2, 0.25) is 0 Å². The lowest BCUT2D eigenvalue weighted by Gasteiger charge is -2.28. The number of rotatable bonds is 5. The SMILES string of the molecule is CNc1cccc2nccc(CN3C(=O)N(c4ccc(OC(F)(F)F)cc4)C(=O)C3(C)C)c12. The monoisotopic (exact) mass is 458 g/mol. The third-order valence-electron chi connectivity index (χ3n) is 5.60. The fourth-order valence-electron chi connectivity index (χ4n) is 3.91. The van der Waals surface area contributed by atoms with Gasteiger partial charge in [0.05, 0.1) is 11.2 Å². The molecule has 4 rings (SSSR count). The summed E-state index contributed by atoms with van der Waals surface area (Å²) in [6.45, 7) is 3.41. The molecule has 33 heavy (non-hydrogen) atoms. The van der Waals surface area contributed by atoms with Crippen molar-refractivity contribution in [2.24, 2.45) is 0 Å². The highest BCUT2D eigenvalue weighted by Crippen LogP contribution is 2.36. The van der Waals surface area contributed by atoms with E-state index in [9.17, 15) is 22.8 Å². The minimum Gasteiger partial charge on any atom is -0.406 e. The molecule has 172 valence electrons. The van der Waals surface area contributed by atoms with Crippen LogP contribution in [-0.2, 0) is 11.3 Å². The zero-order valence-electron chi connectivity index (χ0n) is 18.1. The number of alkyl halides is 3. The number of aromatic nitrogens is 1. The number of anilines is 2. The lowest BCUT2D eigenvalue weighted by Crippen LogP contribution is -2.43. The smallest absolute Gasteiger partial charge is 0.406 e. The van der Waals surface area contributed by atoms with Gasteiger partial charge in [0, 0.05) is 30.9 Å². The first-order valence-electron chi connectivity index (χ1n) is 10.1. The van der Waals surface area contributed by atoms with Crippen LogP contribution in [0.4, 0.5) is 29.3 Å². The van der Waals surface area contributed by atoms with Gasteiger partial charge in [0.25, 0.3) is 5.91 Å². The van der Waals surface area contributed by atoms with Gasteiger partial charge in [0.15, 0.2) is 0 Å². The third-order valence-corrected chi connectivity index (χ3v) is 5.60. The van der Waals surface area contributed by atoms with E-state index in [0.29, 0.717) is 0 Å². The molecule has 0 bridgehead atoms. The number of carbonyl (C=O) groups is 2. The van der Waals surface area contributed by atoms with Crippen LogP contribution < -0.4 is 15.0 Å². The van der Waals surface area contributed by atoms with Gasteiger partial charge in [-0.15, -0.1) is 13.2 Å². The summed E-state index contributed by atoms with van der Waals surface area (Å²) >= 11 is 0. The predicted octanol–water partition coefficient (Wildman–Crippen LogP) is 4.92. The topological polar surface area (TPSA) is 74.8 Å². The Morgan fingerprint density at radius 2 is 1.76 bits per heavy atom. The highest BCUT2D eigenvalue weighted by molar-refractivity contribution is 6.23. The molecule has 1 aromatic heterocycles. The average molecular weight is 458 g/mol. The molecule has 1 N–H and O–H groups in total. The Morgan fingerprint density at radius 3 is 2.39 bits per heavy atom. The van der Waals surface area contributed by atoms with E-state index in [1.54, 1.807) is 33.2 Å². The summed E-state index contributed by atoms with van der Waals surface area (Å²) in [4.78, 5) is 33.3. The number of benzene rings is 2. The molecule has 3 amide bonds. The summed E-state index contributed by atoms with van der Waals surface area (Å²) in [5.74, 6) is -0.923. The zero-order valence-corrected chi connectivity index (χ0v) is 18.1. The molecule has 0 aliphatic carbocycles. The van der Waals surface area contributed by atoms with Crippen molar-refractivity contribution in [3.8, 4) is 5.75 Å². The normalized spacial score (nSPS) is 15.9. The quantitative estimate of drug-likeness (QED) is 0.550. The number of carbonyl (C=O) groups excluding carboxylic acids is 2. The summed E-state index contributed by atoms with van der Waals surface area (Å²) in [6.07, 6.45) is -3.19. The van der Waals surface area contributed by atoms with Crippen LogP contribution in [0.25, 0.3) is 10.9 Å². The van der Waals surface area contributed by atoms with Crippen molar-refractivity contribution >= 4 is 34.2 Å². The number of hydrogen-bond donors (Lipinski definition) is 1. The Labute approximate surface area is 187 Å². The number of imide groups is 1. The number of amides is 3. The number of halogens is 3. The van der Waals surface area contributed by atoms with E-state index in [4.69, 9.17) is 0 Å². The highest BCUT2D eigenvalue weighted by Gasteiger charge is 2.51. The van der Waals surface area contributed by atoms with Crippen molar-refractivity contribution in [1.29, 1.82) is 0 Å². The van der Waals surface area contributed by atoms with Crippen molar-refractivity contribution in [2.75, 3.05) is 17.3 Å². The van der Waals surface area contributed by atoms with E-state index in [1.165, 1.54) is 17.0 Å². The van der Waals surface area contributed by atoms with Crippen LogP contribution >= 0.6 is 0 Å². The minimum absolute atomic E-state index is 0.140. The van der Waals surface area contributed by atoms with E-state index in [0.717, 1.165) is 39.2 Å². The van der Waals surface area contributed by atoms with Gasteiger partial charge in [-0.25, -0.2) is 9.69 Å². The van der Waals surface area contributed by atoms with E-state index in [2.05, 4.69) is 15.0 Å². The van der Waals surface area contributed by atoms with Gasteiger partial charge in [-0.2, -0.15) is 0 Å². The number of ether oxygens (including phenoxy) is 1. The minimum atomic E-state index is -4.83. The molecule has 1 aliphatic rings. The zero-order chi connectivity index (χ0) is 24.0. The fraction of sp³-hybridized carbons (Fsp3) is 0.261. The van der Waals surface area contributed by atoms with Crippen LogP contribution in [0.3, 0.4) is 0 Å². The Kier molecular flexibility index (Phi) is 5.39. The highest BCUT2D eigenvalue weighted by atomic mass is 19.4. The maximum atomic E-state index is 13.3. The molecule has 0 saturated carbocycles. The van der Waals surface area contributed by atoms with Gasteiger partial charge >= 0.3 is 12.4 Å². The number of urea groups is 1. The Hall–Kier alpha value is -3.82. The van der Waals surface area contributed by atoms with Crippen molar-refractivity contribution in [2.45, 2.75) is 32.3 Å². The van der Waals surface area contributed by atoms with Gasteiger partial charge in [-0.1, -0.05) is 6.07 Å². The van der Waals surface area contributed by atoms with Crippen LogP contribution in [0, 0.1) is 0 Å². The fourth-order valence-corrected chi connectivity index (χ4v) is 3.91. The molecule has 1 aliphatic heterocycles. The second kappa shape index (κ2) is 7.95. The third kappa shape index (κ3) is 4.04. The molecule has 2 heterocycles. The summed E-state index contributed by atoms with van der Waals surface area (Å²) in [5.41, 5.74) is 1.36. The average Bonchev–Trinajstić information content (AvgIpc) is 2.92. The lowest BCUT2D eigenvalue weighted by atomic mass is 10.0. The van der Waals surface area contributed by atoms with Crippen LogP contribution in [-0.4, -0.2) is 40.8 Å². The number of hydrogen-bond acceptors (Lipinski definition) is 5. The molecule has 3 aromatic rings. The molecule has 1 saturated heterocycles. The summed E-state index contributed by atoms with van der Waals surface area (Å²) in [5, 5.41) is 3.96. The van der Waals surface area contributed by atoms with E-state index in [-0.39, 0.29) is 12.2 Å². The number of nitrogens with zero attached hydrogens (tertiary/aromatic N) is 3. The second-order valence-electron chi connectivity index (χ2n) is 8.03. The van der Waals surface area contributed by atoms with Crippen molar-refractivity contribution in [3.63, 3.8) is 0 Å². The van der Waals surface area contributed by atoms with Crippen LogP contribution in [0.5, 0.6) is 5.75 Å². The summed E-state index contributed by atoms with van der Waals surface area (Å²) in [6, 6.07) is 11.5. The molecule has 0 radical (unpaired) electrons. The van der Waals surface area contributed by atoms with E-state index >= 15 is 0 Å². The second-order valence-corrected chi connectivity index (χ2v) is 8.03. The van der Waals surface area contributed by atoms with E-state index < -0.39 is 29.6 Å². The molecule has 0 atom stereocenters. The predicted molar refractivity (Wildman–Crippen MR) is 117 cm³/mol. The lowest BCUT2D eigenvalue weighted by molar-refractivity contribution is -0.274. The molecule has 0 unspecified atom stereocenters. The molecule has 2 aromatic carbocycles. The number of pyridine rings is 1.